The molecule has 1 rings (SSSR count). The second-order valence-corrected chi connectivity index (χ2v) is 8.45. The molecule has 0 aromatic heterocycles. The van der Waals surface area contributed by atoms with E-state index in [1.54, 1.807) is 44.2 Å². The Hall–Kier alpha value is -3.02. The normalized spacial score (nSPS) is 14.5. The van der Waals surface area contributed by atoms with Gasteiger partial charge in [0.1, 0.15) is 24.2 Å². The number of unbranched alkanes of at least 4 members (excludes halogenated alkanes) is 1. The summed E-state index contributed by atoms with van der Waals surface area (Å²) in [6.45, 7) is 3.23. The molecule has 1 aromatic carbocycles. The molecule has 0 aliphatic carbocycles. The molecule has 0 heterocycles. The third kappa shape index (κ3) is 9.86. The summed E-state index contributed by atoms with van der Waals surface area (Å²) in [6, 6.07) is 4.46. The van der Waals surface area contributed by atoms with Crippen molar-refractivity contribution in [1.29, 1.82) is 0 Å². The van der Waals surface area contributed by atoms with E-state index in [4.69, 9.17) is 16.6 Å². The highest BCUT2D eigenvalue weighted by Gasteiger charge is 2.31. The minimum absolute atomic E-state index is 0.0785. The number of aliphatic hydroxyl groups excluding tert-OH is 1. The Morgan fingerprint density at radius 2 is 1.53 bits per heavy atom. The zero-order valence-corrected chi connectivity index (χ0v) is 19.7. The predicted molar refractivity (Wildman–Crippen MR) is 126 cm³/mol. The molecule has 9 N–H and O–H groups in total. The van der Waals surface area contributed by atoms with Crippen LogP contribution in [0.2, 0.25) is 0 Å². The molecule has 4 unspecified atom stereocenters. The number of rotatable bonds is 15. The van der Waals surface area contributed by atoms with Gasteiger partial charge in [0, 0.05) is 6.42 Å². The van der Waals surface area contributed by atoms with Gasteiger partial charge < -0.3 is 37.6 Å². The fourth-order valence-corrected chi connectivity index (χ4v) is 3.22. The van der Waals surface area contributed by atoms with E-state index >= 15 is 0 Å². The summed E-state index contributed by atoms with van der Waals surface area (Å²) in [5, 5.41) is 26.3. The zero-order chi connectivity index (χ0) is 25.7. The van der Waals surface area contributed by atoms with E-state index in [1.807, 2.05) is 0 Å². The maximum atomic E-state index is 13.0. The number of carbonyl (C=O) groups excluding carboxylic acids is 3. The SMILES string of the molecule is CC(C)C(NC(=O)C(N)CO)C(=O)NC(CCCCN)C(=O)NC(Cc1ccccc1)C(=O)O. The Bertz CT molecular complexity index is 804. The van der Waals surface area contributed by atoms with Gasteiger partial charge in [0.2, 0.25) is 17.7 Å². The van der Waals surface area contributed by atoms with Crippen LogP contribution in [0, 0.1) is 5.92 Å². The lowest BCUT2D eigenvalue weighted by Gasteiger charge is -2.27. The second kappa shape index (κ2) is 15.0. The first kappa shape index (κ1) is 29.0. The van der Waals surface area contributed by atoms with E-state index in [0.29, 0.717) is 19.4 Å². The van der Waals surface area contributed by atoms with Gasteiger partial charge in [-0.25, -0.2) is 4.79 Å². The standard InChI is InChI=1S/C23H37N5O6/c1-14(2)19(28-20(30)16(25)13-29)22(32)26-17(10-6-7-11-24)21(31)27-18(23(33)34)12-15-8-4-3-5-9-15/h3-5,8-9,14,16-19,29H,6-7,10-13,24-25H2,1-2H3,(H,26,32)(H,27,31)(H,28,30)(H,33,34). The summed E-state index contributed by atoms with van der Waals surface area (Å²) in [5.74, 6) is -3.50. The topological polar surface area (TPSA) is 197 Å². The van der Waals surface area contributed by atoms with Gasteiger partial charge >= 0.3 is 5.97 Å². The Labute approximate surface area is 199 Å². The van der Waals surface area contributed by atoms with Crippen LogP contribution in [0.4, 0.5) is 0 Å². The van der Waals surface area contributed by atoms with E-state index in [0.717, 1.165) is 5.56 Å². The fraction of sp³-hybridized carbons (Fsp3) is 0.565. The van der Waals surface area contributed by atoms with Crippen LogP contribution >= 0.6 is 0 Å². The highest BCUT2D eigenvalue weighted by molar-refractivity contribution is 5.94. The fourth-order valence-electron chi connectivity index (χ4n) is 3.22. The van der Waals surface area contributed by atoms with Crippen molar-refractivity contribution in [2.24, 2.45) is 17.4 Å². The summed E-state index contributed by atoms with van der Waals surface area (Å²) in [7, 11) is 0. The number of aliphatic hydroxyl groups is 1. The van der Waals surface area contributed by atoms with Crippen LogP contribution in [0.1, 0.15) is 38.7 Å². The van der Waals surface area contributed by atoms with Crippen LogP contribution in [0.5, 0.6) is 0 Å². The van der Waals surface area contributed by atoms with Crippen molar-refractivity contribution in [3.05, 3.63) is 35.9 Å². The van der Waals surface area contributed by atoms with Gasteiger partial charge in [-0.1, -0.05) is 44.2 Å². The molecule has 0 bridgehead atoms. The summed E-state index contributed by atoms with van der Waals surface area (Å²) in [4.78, 5) is 49.8. The number of hydrogen-bond donors (Lipinski definition) is 7. The van der Waals surface area contributed by atoms with Crippen LogP contribution in [0.25, 0.3) is 0 Å². The van der Waals surface area contributed by atoms with Crippen molar-refractivity contribution in [2.45, 2.75) is 63.7 Å². The maximum absolute atomic E-state index is 13.0. The molecular weight excluding hydrogens is 442 g/mol. The minimum atomic E-state index is -1.20. The van der Waals surface area contributed by atoms with Crippen LogP contribution in [-0.4, -0.2) is 71.2 Å². The lowest BCUT2D eigenvalue weighted by Crippen LogP contribution is -2.58. The van der Waals surface area contributed by atoms with Crippen LogP contribution in [0.3, 0.4) is 0 Å². The van der Waals surface area contributed by atoms with E-state index in [-0.39, 0.29) is 18.8 Å². The molecule has 0 saturated carbocycles. The van der Waals surface area contributed by atoms with E-state index in [2.05, 4.69) is 16.0 Å². The molecule has 0 aliphatic rings. The highest BCUT2D eigenvalue weighted by Crippen LogP contribution is 2.08. The molecule has 0 fully saturated rings. The molecule has 0 aliphatic heterocycles. The third-order valence-corrected chi connectivity index (χ3v) is 5.26. The van der Waals surface area contributed by atoms with E-state index in [9.17, 15) is 24.3 Å². The maximum Gasteiger partial charge on any atom is 0.326 e. The molecule has 0 saturated heterocycles. The Morgan fingerprint density at radius 1 is 0.912 bits per heavy atom. The highest BCUT2D eigenvalue weighted by atomic mass is 16.4. The van der Waals surface area contributed by atoms with E-state index < -0.39 is 54.5 Å². The molecule has 0 radical (unpaired) electrons. The lowest BCUT2D eigenvalue weighted by molar-refractivity contribution is -0.142. The lowest BCUT2D eigenvalue weighted by atomic mass is 10.0. The number of amides is 3. The molecule has 0 spiro atoms. The average Bonchev–Trinajstić information content (AvgIpc) is 2.80. The number of carboxylic acids is 1. The smallest absolute Gasteiger partial charge is 0.326 e. The molecule has 11 heteroatoms. The summed E-state index contributed by atoms with van der Waals surface area (Å²) in [6.07, 6.45) is 1.46. The average molecular weight is 480 g/mol. The number of carbonyl (C=O) groups is 4. The third-order valence-electron chi connectivity index (χ3n) is 5.26. The molecule has 3 amide bonds. The predicted octanol–water partition coefficient (Wildman–Crippen LogP) is -1.13. The Kier molecular flexibility index (Phi) is 12.8. The van der Waals surface area contributed by atoms with Crippen molar-refractivity contribution in [2.75, 3.05) is 13.2 Å². The van der Waals surface area contributed by atoms with Gasteiger partial charge in [-0.3, -0.25) is 14.4 Å². The van der Waals surface area contributed by atoms with Crippen molar-refractivity contribution >= 4 is 23.7 Å². The number of aliphatic carboxylic acids is 1. The number of hydrogen-bond acceptors (Lipinski definition) is 7. The summed E-state index contributed by atoms with van der Waals surface area (Å²) >= 11 is 0. The van der Waals surface area contributed by atoms with Crippen molar-refractivity contribution in [1.82, 2.24) is 16.0 Å². The van der Waals surface area contributed by atoms with Gasteiger partial charge in [-0.05, 0) is 37.3 Å². The molecule has 11 nitrogen and oxygen atoms in total. The summed E-state index contributed by atoms with van der Waals surface area (Å²) < 4.78 is 0. The van der Waals surface area contributed by atoms with Gasteiger partial charge in [-0.2, -0.15) is 0 Å². The minimum Gasteiger partial charge on any atom is -0.480 e. The first-order valence-electron chi connectivity index (χ1n) is 11.3. The van der Waals surface area contributed by atoms with Crippen molar-refractivity contribution in [3.63, 3.8) is 0 Å². The molecule has 1 aromatic rings. The van der Waals surface area contributed by atoms with Crippen LogP contribution in [-0.2, 0) is 25.6 Å². The largest absolute Gasteiger partial charge is 0.480 e. The number of carboxylic acid groups (broad SMARTS) is 1. The first-order valence-corrected chi connectivity index (χ1v) is 11.3. The number of benzene rings is 1. The van der Waals surface area contributed by atoms with Crippen molar-refractivity contribution in [3.8, 4) is 0 Å². The molecular formula is C23H37N5O6. The van der Waals surface area contributed by atoms with Gasteiger partial charge in [0.05, 0.1) is 6.61 Å². The van der Waals surface area contributed by atoms with Gasteiger partial charge in [-0.15, -0.1) is 0 Å². The molecule has 34 heavy (non-hydrogen) atoms. The Morgan fingerprint density at radius 3 is 2.06 bits per heavy atom. The molecule has 190 valence electrons. The molecule has 4 atom stereocenters. The first-order chi connectivity index (χ1) is 16.1. The summed E-state index contributed by atoms with van der Waals surface area (Å²) in [5.41, 5.74) is 11.8. The van der Waals surface area contributed by atoms with Gasteiger partial charge in [0.25, 0.3) is 0 Å². The van der Waals surface area contributed by atoms with E-state index in [1.165, 1.54) is 0 Å². The Balaban J connectivity index is 2.97. The van der Waals surface area contributed by atoms with Crippen LogP contribution in [0.15, 0.2) is 30.3 Å². The monoisotopic (exact) mass is 479 g/mol. The second-order valence-electron chi connectivity index (χ2n) is 8.45. The van der Waals surface area contributed by atoms with Crippen LogP contribution < -0.4 is 27.4 Å². The van der Waals surface area contributed by atoms with Gasteiger partial charge in [0.15, 0.2) is 0 Å². The number of nitrogens with two attached hydrogens (primary N) is 2. The zero-order valence-electron chi connectivity index (χ0n) is 19.7. The number of nitrogens with one attached hydrogen (secondary N) is 3. The van der Waals surface area contributed by atoms with Crippen molar-refractivity contribution < 1.29 is 29.4 Å². The quantitative estimate of drug-likeness (QED) is 0.153.